The number of anilines is 3. The first-order valence-electron chi connectivity index (χ1n) is 14.0. The number of benzene rings is 3. The van der Waals surface area contributed by atoms with Gasteiger partial charge in [0, 0.05) is 37.9 Å². The maximum absolute atomic E-state index is 13.4. The van der Waals surface area contributed by atoms with Gasteiger partial charge in [0.2, 0.25) is 11.8 Å². The SMILES string of the molecule is C[C@@H]1CN(CCNC(C(=O)Nc2ccc(C(F)(F)F)cc2)c2ccc(C=CC(=O)Nc3ccccc3N)cc2)C[C@H](C)O1. The van der Waals surface area contributed by atoms with Gasteiger partial charge < -0.3 is 26.4 Å². The second-order valence-electron chi connectivity index (χ2n) is 10.5. The summed E-state index contributed by atoms with van der Waals surface area (Å²) in [5.41, 5.74) is 7.70. The molecular formula is C32H36F3N5O3. The molecule has 0 bridgehead atoms. The first-order chi connectivity index (χ1) is 20.5. The Morgan fingerprint density at radius 3 is 2.26 bits per heavy atom. The van der Waals surface area contributed by atoms with Crippen molar-refractivity contribution in [2.75, 3.05) is 42.5 Å². The third kappa shape index (κ3) is 9.40. The third-order valence-electron chi connectivity index (χ3n) is 6.93. The highest BCUT2D eigenvalue weighted by molar-refractivity contribution is 6.03. The maximum Gasteiger partial charge on any atom is 0.416 e. The minimum absolute atomic E-state index is 0.107. The quantitative estimate of drug-likeness (QED) is 0.187. The molecule has 0 spiro atoms. The Balaban J connectivity index is 1.44. The van der Waals surface area contributed by atoms with Crippen LogP contribution in [-0.2, 0) is 20.5 Å². The molecule has 1 unspecified atom stereocenters. The van der Waals surface area contributed by atoms with Crippen LogP contribution in [0.2, 0.25) is 0 Å². The van der Waals surface area contributed by atoms with E-state index < -0.39 is 23.7 Å². The van der Waals surface area contributed by atoms with E-state index in [1.165, 1.54) is 18.2 Å². The van der Waals surface area contributed by atoms with E-state index in [1.807, 2.05) is 13.8 Å². The molecule has 3 aromatic carbocycles. The largest absolute Gasteiger partial charge is 0.416 e. The normalized spacial score (nSPS) is 18.3. The van der Waals surface area contributed by atoms with Crippen LogP contribution in [0.15, 0.2) is 78.9 Å². The molecule has 1 aliphatic heterocycles. The van der Waals surface area contributed by atoms with Crippen LogP contribution in [0.4, 0.5) is 30.2 Å². The predicted octanol–water partition coefficient (Wildman–Crippen LogP) is 5.32. The van der Waals surface area contributed by atoms with Gasteiger partial charge in [0.15, 0.2) is 0 Å². The fourth-order valence-corrected chi connectivity index (χ4v) is 4.91. The summed E-state index contributed by atoms with van der Waals surface area (Å²) >= 11 is 0. The van der Waals surface area contributed by atoms with E-state index in [-0.39, 0.29) is 23.8 Å². The Morgan fingerprint density at radius 1 is 0.977 bits per heavy atom. The molecule has 1 fully saturated rings. The van der Waals surface area contributed by atoms with Crippen LogP contribution in [0.1, 0.15) is 36.6 Å². The van der Waals surface area contributed by atoms with Crippen LogP contribution in [-0.4, -0.2) is 55.1 Å². The first kappa shape index (κ1) is 31.7. The summed E-state index contributed by atoms with van der Waals surface area (Å²) in [6, 6.07) is 17.6. The average molecular weight is 596 g/mol. The van der Waals surface area contributed by atoms with Crippen LogP contribution in [0.3, 0.4) is 0 Å². The van der Waals surface area contributed by atoms with E-state index in [0.717, 1.165) is 30.8 Å². The highest BCUT2D eigenvalue weighted by Gasteiger charge is 2.30. The van der Waals surface area contributed by atoms with Crippen LogP contribution in [0.25, 0.3) is 6.08 Å². The van der Waals surface area contributed by atoms with Crippen molar-refractivity contribution in [3.05, 3.63) is 95.6 Å². The molecule has 1 saturated heterocycles. The van der Waals surface area contributed by atoms with Gasteiger partial charge in [-0.05, 0) is 67.4 Å². The second kappa shape index (κ2) is 14.3. The highest BCUT2D eigenvalue weighted by atomic mass is 19.4. The van der Waals surface area contributed by atoms with Gasteiger partial charge in [-0.15, -0.1) is 0 Å². The Labute approximate surface area is 249 Å². The average Bonchev–Trinajstić information content (AvgIpc) is 2.95. The molecule has 5 N–H and O–H groups in total. The highest BCUT2D eigenvalue weighted by Crippen LogP contribution is 2.30. The summed E-state index contributed by atoms with van der Waals surface area (Å²) in [5, 5.41) is 8.75. The van der Waals surface area contributed by atoms with E-state index in [1.54, 1.807) is 54.6 Å². The molecule has 0 radical (unpaired) electrons. The van der Waals surface area contributed by atoms with Crippen molar-refractivity contribution in [3.63, 3.8) is 0 Å². The molecule has 3 aromatic rings. The van der Waals surface area contributed by atoms with Gasteiger partial charge in [-0.25, -0.2) is 0 Å². The van der Waals surface area contributed by atoms with Crippen LogP contribution >= 0.6 is 0 Å². The number of alkyl halides is 3. The van der Waals surface area contributed by atoms with Gasteiger partial charge in [0.1, 0.15) is 6.04 Å². The lowest BCUT2D eigenvalue weighted by Gasteiger charge is -2.35. The van der Waals surface area contributed by atoms with E-state index in [9.17, 15) is 22.8 Å². The second-order valence-corrected chi connectivity index (χ2v) is 10.5. The van der Waals surface area contributed by atoms with Gasteiger partial charge in [0.25, 0.3) is 0 Å². The molecule has 3 atom stereocenters. The van der Waals surface area contributed by atoms with Crippen LogP contribution in [0, 0.1) is 0 Å². The van der Waals surface area contributed by atoms with Crippen molar-refractivity contribution in [1.82, 2.24) is 10.2 Å². The lowest BCUT2D eigenvalue weighted by atomic mass is 10.0. The standard InChI is InChI=1S/C32H36F3N5O3/c1-21-19-40(20-22(2)43-21)18-17-37-30(31(42)38-26-14-12-25(13-15-26)32(33,34)35)24-10-7-23(8-11-24)9-16-29(41)39-28-6-4-3-5-27(28)36/h3-16,21-22,30,37H,17-20,36H2,1-2H3,(H,38,42)(H,39,41)/t21-,22+,30?. The number of para-hydroxylation sites is 2. The van der Waals surface area contributed by atoms with E-state index in [2.05, 4.69) is 20.9 Å². The summed E-state index contributed by atoms with van der Waals surface area (Å²) in [4.78, 5) is 28.0. The lowest BCUT2D eigenvalue weighted by molar-refractivity contribution is -0.137. The molecule has 8 nitrogen and oxygen atoms in total. The minimum atomic E-state index is -4.47. The topological polar surface area (TPSA) is 109 Å². The lowest BCUT2D eigenvalue weighted by Crippen LogP contribution is -2.48. The fourth-order valence-electron chi connectivity index (χ4n) is 4.91. The van der Waals surface area contributed by atoms with E-state index in [0.29, 0.717) is 30.0 Å². The number of hydrogen-bond donors (Lipinski definition) is 4. The maximum atomic E-state index is 13.4. The third-order valence-corrected chi connectivity index (χ3v) is 6.93. The first-order valence-corrected chi connectivity index (χ1v) is 14.0. The molecule has 4 rings (SSSR count). The molecule has 228 valence electrons. The number of rotatable bonds is 10. The van der Waals surface area contributed by atoms with Crippen molar-refractivity contribution < 1.29 is 27.5 Å². The Hall–Kier alpha value is -4.19. The summed E-state index contributed by atoms with van der Waals surface area (Å²) in [6.45, 7) is 6.78. The number of amides is 2. The van der Waals surface area contributed by atoms with Crippen molar-refractivity contribution in [3.8, 4) is 0 Å². The number of halogens is 3. The van der Waals surface area contributed by atoms with Crippen molar-refractivity contribution in [2.24, 2.45) is 0 Å². The van der Waals surface area contributed by atoms with Gasteiger partial charge >= 0.3 is 6.18 Å². The molecule has 11 heteroatoms. The van der Waals surface area contributed by atoms with Crippen molar-refractivity contribution >= 4 is 35.0 Å². The number of carbonyl (C=O) groups excluding carboxylic acids is 2. The number of carbonyl (C=O) groups is 2. The zero-order valence-electron chi connectivity index (χ0n) is 24.0. The molecule has 0 aliphatic carbocycles. The Kier molecular flexibility index (Phi) is 10.6. The molecule has 1 aliphatic rings. The number of nitrogens with one attached hydrogen (secondary N) is 3. The van der Waals surface area contributed by atoms with E-state index in [4.69, 9.17) is 10.5 Å². The number of nitrogens with zero attached hydrogens (tertiary/aromatic N) is 1. The smallest absolute Gasteiger partial charge is 0.397 e. The van der Waals surface area contributed by atoms with Gasteiger partial charge in [-0.1, -0.05) is 36.4 Å². The zero-order chi connectivity index (χ0) is 31.0. The monoisotopic (exact) mass is 595 g/mol. The molecule has 1 heterocycles. The van der Waals surface area contributed by atoms with Crippen LogP contribution in [0.5, 0.6) is 0 Å². The van der Waals surface area contributed by atoms with Crippen molar-refractivity contribution in [1.29, 1.82) is 0 Å². The molecule has 0 saturated carbocycles. The molecule has 2 amide bonds. The summed E-state index contributed by atoms with van der Waals surface area (Å²) < 4.78 is 44.7. The number of nitrogens with two attached hydrogens (primary N) is 1. The zero-order valence-corrected chi connectivity index (χ0v) is 24.0. The minimum Gasteiger partial charge on any atom is -0.397 e. The number of hydrogen-bond acceptors (Lipinski definition) is 6. The van der Waals surface area contributed by atoms with E-state index >= 15 is 0 Å². The van der Waals surface area contributed by atoms with Crippen molar-refractivity contribution in [2.45, 2.75) is 38.3 Å². The summed E-state index contributed by atoms with van der Waals surface area (Å²) in [7, 11) is 0. The Bertz CT molecular complexity index is 1400. The number of ether oxygens (including phenoxy) is 1. The fraction of sp³-hybridized carbons (Fsp3) is 0.312. The van der Waals surface area contributed by atoms with Crippen LogP contribution < -0.4 is 21.7 Å². The summed E-state index contributed by atoms with van der Waals surface area (Å²) in [6.07, 6.45) is -1.22. The predicted molar refractivity (Wildman–Crippen MR) is 162 cm³/mol. The Morgan fingerprint density at radius 2 is 1.63 bits per heavy atom. The van der Waals surface area contributed by atoms with Gasteiger partial charge in [-0.2, -0.15) is 13.2 Å². The molecule has 43 heavy (non-hydrogen) atoms. The number of nitrogen functional groups attached to an aromatic ring is 1. The molecular weight excluding hydrogens is 559 g/mol. The number of morpholine rings is 1. The van der Waals surface area contributed by atoms with Gasteiger partial charge in [0.05, 0.1) is 29.1 Å². The molecule has 0 aromatic heterocycles. The van der Waals surface area contributed by atoms with Gasteiger partial charge in [-0.3, -0.25) is 14.5 Å². The summed E-state index contributed by atoms with van der Waals surface area (Å²) in [5.74, 6) is -0.754.